The minimum absolute atomic E-state index is 0.230. The zero-order chi connectivity index (χ0) is 15.5. The van der Waals surface area contributed by atoms with E-state index >= 15 is 0 Å². The van der Waals surface area contributed by atoms with E-state index in [0.29, 0.717) is 18.7 Å². The first-order valence-corrected chi connectivity index (χ1v) is 7.40. The van der Waals surface area contributed by atoms with Crippen molar-refractivity contribution in [3.05, 3.63) is 29.3 Å². The maximum Gasteiger partial charge on any atom is 0.335 e. The van der Waals surface area contributed by atoms with Crippen molar-refractivity contribution < 1.29 is 27.1 Å². The Hall–Kier alpha value is -1.54. The van der Waals surface area contributed by atoms with Gasteiger partial charge in [0.1, 0.15) is 4.90 Å². The lowest BCUT2D eigenvalue weighted by Crippen LogP contribution is -2.18. The number of benzene rings is 1. The molecule has 0 bridgehead atoms. The van der Waals surface area contributed by atoms with Crippen molar-refractivity contribution in [3.63, 3.8) is 0 Å². The van der Waals surface area contributed by atoms with Gasteiger partial charge in [-0.15, -0.1) is 0 Å². The Kier molecular flexibility index (Phi) is 5.18. The van der Waals surface area contributed by atoms with Gasteiger partial charge in [-0.05, 0) is 39.2 Å². The molecular formula is C12H15F2NO4S. The molecule has 112 valence electrons. The van der Waals surface area contributed by atoms with Crippen LogP contribution < -0.4 is 0 Å². The number of halogens is 2. The van der Waals surface area contributed by atoms with Crippen LogP contribution in [0, 0.1) is 11.6 Å². The molecule has 0 heterocycles. The van der Waals surface area contributed by atoms with Gasteiger partial charge in [-0.2, -0.15) is 0 Å². The van der Waals surface area contributed by atoms with Crippen LogP contribution in [0.15, 0.2) is 17.0 Å². The number of carbonyl (C=O) groups is 1. The molecule has 0 aliphatic rings. The first-order chi connectivity index (χ1) is 9.15. The predicted molar refractivity (Wildman–Crippen MR) is 68.5 cm³/mol. The summed E-state index contributed by atoms with van der Waals surface area (Å²) in [6.07, 6.45) is 0.230. The normalized spacial score (nSPS) is 11.8. The summed E-state index contributed by atoms with van der Waals surface area (Å²) in [7, 11) is -0.574. The number of carboxylic acid groups (broad SMARTS) is 1. The lowest BCUT2D eigenvalue weighted by molar-refractivity contribution is 0.0696. The second-order valence-electron chi connectivity index (χ2n) is 4.55. The molecule has 20 heavy (non-hydrogen) atoms. The summed E-state index contributed by atoms with van der Waals surface area (Å²) >= 11 is 0. The Morgan fingerprint density at radius 2 is 1.90 bits per heavy atom. The van der Waals surface area contributed by atoms with Gasteiger partial charge in [-0.3, -0.25) is 0 Å². The van der Waals surface area contributed by atoms with E-state index in [1.54, 1.807) is 19.0 Å². The maximum absolute atomic E-state index is 13.6. The van der Waals surface area contributed by atoms with Crippen LogP contribution in [-0.2, 0) is 9.84 Å². The Balaban J connectivity index is 3.14. The average molecular weight is 307 g/mol. The van der Waals surface area contributed by atoms with Crippen LogP contribution in [0.3, 0.4) is 0 Å². The van der Waals surface area contributed by atoms with Gasteiger partial charge in [0.2, 0.25) is 0 Å². The third-order valence-corrected chi connectivity index (χ3v) is 4.39. The second kappa shape index (κ2) is 6.27. The molecule has 1 aromatic rings. The highest BCUT2D eigenvalue weighted by Crippen LogP contribution is 2.21. The van der Waals surface area contributed by atoms with E-state index in [2.05, 4.69) is 0 Å². The van der Waals surface area contributed by atoms with Crippen molar-refractivity contribution in [3.8, 4) is 0 Å². The molecule has 0 fully saturated rings. The molecule has 8 heteroatoms. The minimum Gasteiger partial charge on any atom is -0.478 e. The van der Waals surface area contributed by atoms with Crippen LogP contribution in [-0.4, -0.2) is 50.8 Å². The first-order valence-electron chi connectivity index (χ1n) is 5.75. The van der Waals surface area contributed by atoms with Gasteiger partial charge >= 0.3 is 5.97 Å². The fraction of sp³-hybridized carbons (Fsp3) is 0.417. The zero-order valence-electron chi connectivity index (χ0n) is 11.1. The van der Waals surface area contributed by atoms with Gasteiger partial charge in [0.25, 0.3) is 0 Å². The summed E-state index contributed by atoms with van der Waals surface area (Å²) in [6, 6.07) is 1.10. The van der Waals surface area contributed by atoms with Crippen LogP contribution in [0.25, 0.3) is 0 Å². The van der Waals surface area contributed by atoms with Crippen LogP contribution >= 0.6 is 0 Å². The SMILES string of the molecule is CN(C)CCCS(=O)(=O)c1cc(C(=O)O)cc(F)c1F. The predicted octanol–water partition coefficient (Wildman–Crippen LogP) is 1.39. The lowest BCUT2D eigenvalue weighted by Gasteiger charge is -2.10. The summed E-state index contributed by atoms with van der Waals surface area (Å²) < 4.78 is 50.7. The molecule has 5 nitrogen and oxygen atoms in total. The summed E-state index contributed by atoms with van der Waals surface area (Å²) in [5, 5.41) is 8.75. The minimum atomic E-state index is -4.07. The van der Waals surface area contributed by atoms with Crippen molar-refractivity contribution in [2.24, 2.45) is 0 Å². The number of nitrogens with zero attached hydrogens (tertiary/aromatic N) is 1. The van der Waals surface area contributed by atoms with E-state index in [1.807, 2.05) is 0 Å². The van der Waals surface area contributed by atoms with E-state index in [1.165, 1.54) is 0 Å². The Bertz CT molecular complexity index is 614. The number of sulfone groups is 1. The van der Waals surface area contributed by atoms with Crippen LogP contribution in [0.1, 0.15) is 16.8 Å². The van der Waals surface area contributed by atoms with Gasteiger partial charge < -0.3 is 10.0 Å². The fourth-order valence-electron chi connectivity index (χ4n) is 1.59. The van der Waals surface area contributed by atoms with Crippen LogP contribution in [0.2, 0.25) is 0 Å². The highest BCUT2D eigenvalue weighted by atomic mass is 32.2. The van der Waals surface area contributed by atoms with Crippen molar-refractivity contribution in [1.82, 2.24) is 4.90 Å². The summed E-state index contributed by atoms with van der Waals surface area (Å²) in [4.78, 5) is 11.6. The molecule has 0 atom stereocenters. The monoisotopic (exact) mass is 307 g/mol. The highest BCUT2D eigenvalue weighted by Gasteiger charge is 2.24. The molecule has 0 spiro atoms. The van der Waals surface area contributed by atoms with E-state index in [9.17, 15) is 22.0 Å². The lowest BCUT2D eigenvalue weighted by atomic mass is 10.2. The molecule has 0 radical (unpaired) electrons. The second-order valence-corrected chi connectivity index (χ2v) is 6.63. The van der Waals surface area contributed by atoms with Crippen LogP contribution in [0.5, 0.6) is 0 Å². The first kappa shape index (κ1) is 16.5. The smallest absolute Gasteiger partial charge is 0.335 e. The number of hydrogen-bond donors (Lipinski definition) is 1. The van der Waals surface area contributed by atoms with E-state index in [4.69, 9.17) is 5.11 Å². The molecule has 1 rings (SSSR count). The van der Waals surface area contributed by atoms with Crippen molar-refractivity contribution in [2.45, 2.75) is 11.3 Å². The molecule has 1 N–H and O–H groups in total. The van der Waals surface area contributed by atoms with E-state index in [-0.39, 0.29) is 12.2 Å². The average Bonchev–Trinajstić information content (AvgIpc) is 2.31. The molecule has 0 saturated heterocycles. The maximum atomic E-state index is 13.6. The largest absolute Gasteiger partial charge is 0.478 e. The van der Waals surface area contributed by atoms with Gasteiger partial charge in [-0.25, -0.2) is 22.0 Å². The Labute approximate surface area is 115 Å². The topological polar surface area (TPSA) is 74.7 Å². The summed E-state index contributed by atoms with van der Waals surface area (Å²) in [5.74, 6) is -4.94. The quantitative estimate of drug-likeness (QED) is 0.859. The van der Waals surface area contributed by atoms with Gasteiger partial charge in [0.15, 0.2) is 21.5 Å². The van der Waals surface area contributed by atoms with Crippen LogP contribution in [0.4, 0.5) is 8.78 Å². The van der Waals surface area contributed by atoms with Gasteiger partial charge in [-0.1, -0.05) is 0 Å². The van der Waals surface area contributed by atoms with Gasteiger partial charge in [0, 0.05) is 0 Å². The molecule has 0 aromatic heterocycles. The molecule has 1 aromatic carbocycles. The zero-order valence-corrected chi connectivity index (χ0v) is 11.9. The molecule has 0 aliphatic carbocycles. The van der Waals surface area contributed by atoms with E-state index < -0.39 is 37.9 Å². The molecule has 0 unspecified atom stereocenters. The van der Waals surface area contributed by atoms with Crippen molar-refractivity contribution >= 4 is 15.8 Å². The number of rotatable bonds is 6. The summed E-state index contributed by atoms with van der Waals surface area (Å²) in [6.45, 7) is 0.460. The van der Waals surface area contributed by atoms with Crippen molar-refractivity contribution in [2.75, 3.05) is 26.4 Å². The Morgan fingerprint density at radius 3 is 2.40 bits per heavy atom. The van der Waals surface area contributed by atoms with Gasteiger partial charge in [0.05, 0.1) is 11.3 Å². The number of aromatic carboxylic acids is 1. The Morgan fingerprint density at radius 1 is 1.30 bits per heavy atom. The number of carboxylic acids is 1. The molecule has 0 saturated carbocycles. The third kappa shape index (κ3) is 3.97. The fourth-order valence-corrected chi connectivity index (χ4v) is 3.00. The van der Waals surface area contributed by atoms with E-state index in [0.717, 1.165) is 0 Å². The molecule has 0 amide bonds. The highest BCUT2D eigenvalue weighted by molar-refractivity contribution is 7.91. The summed E-state index contributed by atoms with van der Waals surface area (Å²) in [5.41, 5.74) is -0.602. The molecule has 0 aliphatic heterocycles. The third-order valence-electron chi connectivity index (χ3n) is 2.60. The van der Waals surface area contributed by atoms with Crippen molar-refractivity contribution in [1.29, 1.82) is 0 Å². The standard InChI is InChI=1S/C12H15F2NO4S/c1-15(2)4-3-5-20(18,19)10-7-8(12(16)17)6-9(13)11(10)14/h6-7H,3-5H2,1-2H3,(H,16,17). The number of hydrogen-bond acceptors (Lipinski definition) is 4. The molecular weight excluding hydrogens is 292 g/mol.